The largest absolute Gasteiger partial charge is 0.460 e. The quantitative estimate of drug-likeness (QED) is 0.786. The summed E-state index contributed by atoms with van der Waals surface area (Å²) in [6, 6.07) is 6.80. The molecule has 0 aliphatic carbocycles. The summed E-state index contributed by atoms with van der Waals surface area (Å²) in [5.41, 5.74) is 0.803. The van der Waals surface area contributed by atoms with Crippen LogP contribution in [0.15, 0.2) is 30.3 Å². The van der Waals surface area contributed by atoms with Gasteiger partial charge in [-0.25, -0.2) is 4.79 Å². The van der Waals surface area contributed by atoms with E-state index < -0.39 is 42.0 Å². The van der Waals surface area contributed by atoms with Crippen molar-refractivity contribution in [1.82, 2.24) is 15.1 Å². The fourth-order valence-electron chi connectivity index (χ4n) is 3.28. The van der Waals surface area contributed by atoms with Gasteiger partial charge in [0.2, 0.25) is 5.91 Å². The molecule has 0 unspecified atom stereocenters. The highest BCUT2D eigenvalue weighted by molar-refractivity contribution is 6.01. The minimum Gasteiger partial charge on any atom is -0.460 e. The molecule has 1 N–H and O–H groups in total. The summed E-state index contributed by atoms with van der Waals surface area (Å²) in [4.78, 5) is 51.6. The van der Waals surface area contributed by atoms with Crippen molar-refractivity contribution in [2.45, 2.75) is 51.9 Å². The second kappa shape index (κ2) is 8.20. The lowest BCUT2D eigenvalue weighted by molar-refractivity contribution is -0.151. The summed E-state index contributed by atoms with van der Waals surface area (Å²) in [7, 11) is 1.62. The van der Waals surface area contributed by atoms with Crippen LogP contribution in [0.3, 0.4) is 0 Å². The summed E-state index contributed by atoms with van der Waals surface area (Å²) in [6.45, 7) is 5.84. The molecule has 1 aliphatic heterocycles. The minimum absolute atomic E-state index is 0.258. The lowest BCUT2D eigenvalue weighted by Crippen LogP contribution is -2.55. The molecular weight excluding hydrogens is 350 g/mol. The maximum atomic E-state index is 13.3. The van der Waals surface area contributed by atoms with Crippen LogP contribution in [0.2, 0.25) is 0 Å². The van der Waals surface area contributed by atoms with Crippen molar-refractivity contribution < 1.29 is 23.9 Å². The first-order valence-electron chi connectivity index (χ1n) is 8.74. The van der Waals surface area contributed by atoms with Crippen molar-refractivity contribution in [3.8, 4) is 0 Å². The highest BCUT2D eigenvalue weighted by Gasteiger charge is 2.48. The van der Waals surface area contributed by atoms with E-state index in [9.17, 15) is 19.2 Å². The van der Waals surface area contributed by atoms with Gasteiger partial charge in [0.25, 0.3) is 5.91 Å². The van der Waals surface area contributed by atoms with E-state index in [1.807, 2.05) is 37.3 Å². The number of hydrogen-bond donors (Lipinski definition) is 1. The van der Waals surface area contributed by atoms with Crippen molar-refractivity contribution in [2.75, 3.05) is 7.05 Å². The molecule has 4 atom stereocenters. The van der Waals surface area contributed by atoms with Crippen molar-refractivity contribution in [1.29, 1.82) is 0 Å². The SMILES string of the molecule is CC(=O)N[C@@H](C(=O)N1C(=O)N(C)[C@@H](C)[C@H]1c1ccccc1)[C@H](C)OC(C)=O. The number of esters is 1. The molecule has 2 rings (SSSR count). The number of hydrogen-bond acceptors (Lipinski definition) is 5. The fraction of sp³-hybridized carbons (Fsp3) is 0.474. The Morgan fingerprint density at radius 3 is 2.26 bits per heavy atom. The smallest absolute Gasteiger partial charge is 0.327 e. The first kappa shape index (κ1) is 20.4. The molecule has 4 amide bonds. The van der Waals surface area contributed by atoms with Gasteiger partial charge in [-0.3, -0.25) is 19.3 Å². The summed E-state index contributed by atoms with van der Waals surface area (Å²) in [6.07, 6.45) is -0.927. The van der Waals surface area contributed by atoms with Crippen LogP contribution in [-0.4, -0.2) is 58.8 Å². The summed E-state index contributed by atoms with van der Waals surface area (Å²) >= 11 is 0. The first-order chi connectivity index (χ1) is 12.6. The highest BCUT2D eigenvalue weighted by Crippen LogP contribution is 2.35. The summed E-state index contributed by atoms with van der Waals surface area (Å²) in [5, 5.41) is 2.51. The van der Waals surface area contributed by atoms with Crippen molar-refractivity contribution in [2.24, 2.45) is 0 Å². The van der Waals surface area contributed by atoms with E-state index in [0.29, 0.717) is 0 Å². The molecule has 0 saturated carbocycles. The van der Waals surface area contributed by atoms with Crippen molar-refractivity contribution in [3.05, 3.63) is 35.9 Å². The molecule has 0 aromatic heterocycles. The molecule has 1 aliphatic rings. The number of imide groups is 1. The molecule has 1 aromatic carbocycles. The number of ether oxygens (including phenoxy) is 1. The molecule has 27 heavy (non-hydrogen) atoms. The van der Waals surface area contributed by atoms with Gasteiger partial charge in [-0.2, -0.15) is 0 Å². The Kier molecular flexibility index (Phi) is 6.20. The van der Waals surface area contributed by atoms with E-state index in [2.05, 4.69) is 5.32 Å². The second-order valence-electron chi connectivity index (χ2n) is 6.69. The van der Waals surface area contributed by atoms with Gasteiger partial charge >= 0.3 is 12.0 Å². The number of nitrogens with zero attached hydrogens (tertiary/aromatic N) is 2. The van der Waals surface area contributed by atoms with Gasteiger partial charge in [0.15, 0.2) is 0 Å². The molecule has 8 heteroatoms. The zero-order valence-corrected chi connectivity index (χ0v) is 16.1. The van der Waals surface area contributed by atoms with Gasteiger partial charge in [0.1, 0.15) is 12.1 Å². The zero-order valence-electron chi connectivity index (χ0n) is 16.1. The zero-order chi connectivity index (χ0) is 20.3. The van der Waals surface area contributed by atoms with Crippen LogP contribution in [0.5, 0.6) is 0 Å². The van der Waals surface area contributed by atoms with Gasteiger partial charge in [0.05, 0.1) is 12.1 Å². The number of likely N-dealkylation sites (N-methyl/N-ethyl adjacent to an activating group) is 1. The van der Waals surface area contributed by atoms with E-state index in [1.54, 1.807) is 7.05 Å². The molecule has 0 spiro atoms. The van der Waals surface area contributed by atoms with Crippen LogP contribution < -0.4 is 5.32 Å². The van der Waals surface area contributed by atoms with Crippen LogP contribution >= 0.6 is 0 Å². The predicted molar refractivity (Wildman–Crippen MR) is 97.5 cm³/mol. The molecule has 1 heterocycles. The van der Waals surface area contributed by atoms with Gasteiger partial charge < -0.3 is 15.0 Å². The van der Waals surface area contributed by atoms with Crippen LogP contribution in [0.4, 0.5) is 4.79 Å². The maximum absolute atomic E-state index is 13.3. The van der Waals surface area contributed by atoms with Gasteiger partial charge in [0, 0.05) is 20.9 Å². The van der Waals surface area contributed by atoms with Crippen LogP contribution in [0.25, 0.3) is 0 Å². The highest BCUT2D eigenvalue weighted by atomic mass is 16.5. The monoisotopic (exact) mass is 375 g/mol. The summed E-state index contributed by atoms with van der Waals surface area (Å²) in [5.74, 6) is -1.66. The van der Waals surface area contributed by atoms with Crippen molar-refractivity contribution >= 4 is 23.8 Å². The second-order valence-corrected chi connectivity index (χ2v) is 6.69. The molecule has 0 bridgehead atoms. The number of nitrogens with one attached hydrogen (secondary N) is 1. The number of rotatable bonds is 5. The third-order valence-corrected chi connectivity index (χ3v) is 4.68. The van der Waals surface area contributed by atoms with Gasteiger partial charge in [-0.15, -0.1) is 0 Å². The number of carbonyl (C=O) groups excluding carboxylic acids is 4. The third kappa shape index (κ3) is 4.27. The molecule has 8 nitrogen and oxygen atoms in total. The van der Waals surface area contributed by atoms with Gasteiger partial charge in [-0.05, 0) is 19.4 Å². The lowest BCUT2D eigenvalue weighted by Gasteiger charge is -2.30. The standard InChI is InChI=1S/C19H25N3O5/c1-11-17(15-9-7-6-8-10-15)22(19(26)21(11)5)18(25)16(20-13(3)23)12(2)27-14(4)24/h6-12,16-17H,1-5H3,(H,20,23)/t11-,12-,16+,17-/m0/s1. The Morgan fingerprint density at radius 2 is 1.74 bits per heavy atom. The molecule has 1 aromatic rings. The number of carbonyl (C=O) groups is 4. The average Bonchev–Trinajstić information content (AvgIpc) is 2.83. The average molecular weight is 375 g/mol. The molecular formula is C19H25N3O5. The van der Waals surface area contributed by atoms with Gasteiger partial charge in [-0.1, -0.05) is 30.3 Å². The lowest BCUT2D eigenvalue weighted by atomic mass is 9.99. The third-order valence-electron chi connectivity index (χ3n) is 4.68. The number of benzene rings is 1. The van der Waals surface area contributed by atoms with Crippen LogP contribution in [0, 0.1) is 0 Å². The van der Waals surface area contributed by atoms with E-state index >= 15 is 0 Å². The number of urea groups is 1. The van der Waals surface area contributed by atoms with E-state index in [1.165, 1.54) is 25.7 Å². The summed E-state index contributed by atoms with van der Waals surface area (Å²) < 4.78 is 5.10. The Labute approximate surface area is 158 Å². The Hall–Kier alpha value is -2.90. The molecule has 146 valence electrons. The maximum Gasteiger partial charge on any atom is 0.327 e. The van der Waals surface area contributed by atoms with E-state index in [0.717, 1.165) is 10.5 Å². The van der Waals surface area contributed by atoms with E-state index in [4.69, 9.17) is 4.74 Å². The van der Waals surface area contributed by atoms with Crippen LogP contribution in [0.1, 0.15) is 39.3 Å². The Balaban J connectivity index is 2.42. The van der Waals surface area contributed by atoms with Crippen molar-refractivity contribution in [3.63, 3.8) is 0 Å². The topological polar surface area (TPSA) is 96.0 Å². The Morgan fingerprint density at radius 1 is 1.15 bits per heavy atom. The van der Waals surface area contributed by atoms with Crippen LogP contribution in [-0.2, 0) is 19.1 Å². The normalized spacial score (nSPS) is 21.6. The minimum atomic E-state index is -1.17. The first-order valence-corrected chi connectivity index (χ1v) is 8.74. The molecule has 0 radical (unpaired) electrons. The fourth-order valence-corrected chi connectivity index (χ4v) is 3.28. The van der Waals surface area contributed by atoms with E-state index in [-0.39, 0.29) is 6.04 Å². The predicted octanol–water partition coefficient (Wildman–Crippen LogP) is 1.47. The molecule has 1 fully saturated rings. The molecule has 1 saturated heterocycles. The number of amides is 4. The Bertz CT molecular complexity index is 736.